The normalized spacial score (nSPS) is 15.0. The van der Waals surface area contributed by atoms with E-state index in [1.165, 1.54) is 14.2 Å². The molecule has 6 nitrogen and oxygen atoms in total. The van der Waals surface area contributed by atoms with Gasteiger partial charge >= 0.3 is 5.97 Å². The van der Waals surface area contributed by atoms with Crippen molar-refractivity contribution in [3.63, 3.8) is 0 Å². The highest BCUT2D eigenvalue weighted by Gasteiger charge is 2.36. The Morgan fingerprint density at radius 3 is 2.29 bits per heavy atom. The van der Waals surface area contributed by atoms with Gasteiger partial charge in [-0.3, -0.25) is 5.43 Å². The van der Waals surface area contributed by atoms with Gasteiger partial charge in [-0.25, -0.2) is 22.4 Å². The van der Waals surface area contributed by atoms with E-state index in [4.69, 9.17) is 25.8 Å². The molecule has 0 amide bonds. The molecule has 3 aromatic carbocycles. The highest BCUT2D eigenvalue weighted by molar-refractivity contribution is 6.30. The number of anilines is 1. The van der Waals surface area contributed by atoms with Crippen molar-refractivity contribution >= 4 is 29.0 Å². The highest BCUT2D eigenvalue weighted by Crippen LogP contribution is 2.43. The molecule has 0 bridgehead atoms. The average Bonchev–Trinajstić information content (AvgIpc) is 3.17. The number of methoxy groups -OCH3 is 2. The number of nitrogens with zero attached hydrogens (tertiary/aromatic N) is 1. The molecule has 1 aliphatic heterocycles. The number of carbonyl (C=O) groups is 1. The molecule has 1 atom stereocenters. The predicted octanol–water partition coefficient (Wildman–Crippen LogP) is 6.03. The summed E-state index contributed by atoms with van der Waals surface area (Å²) in [6.07, 6.45) is -0.920. The van der Waals surface area contributed by atoms with E-state index in [0.29, 0.717) is 21.9 Å². The largest absolute Gasteiger partial charge is 0.493 e. The maximum atomic E-state index is 14.1. The average molecular weight is 509 g/mol. The molecule has 0 spiro atoms. The van der Waals surface area contributed by atoms with Crippen LogP contribution < -0.4 is 14.9 Å². The second-order valence-corrected chi connectivity index (χ2v) is 7.82. The SMILES string of the molecule is COc1ccc2c(c1OC)C(=O)O[C@H]2CC(=NNc1c(F)c(F)cc(F)c1F)c1ccc(Cl)cc1. The predicted molar refractivity (Wildman–Crippen MR) is 120 cm³/mol. The Bertz CT molecular complexity index is 1310. The number of ether oxygens (including phenoxy) is 3. The van der Waals surface area contributed by atoms with E-state index in [1.54, 1.807) is 36.4 Å². The van der Waals surface area contributed by atoms with Crippen LogP contribution in [0.25, 0.3) is 0 Å². The maximum Gasteiger partial charge on any atom is 0.343 e. The van der Waals surface area contributed by atoms with Crippen LogP contribution in [0.15, 0.2) is 47.6 Å². The number of nitrogens with one attached hydrogen (secondary N) is 1. The summed E-state index contributed by atoms with van der Waals surface area (Å²) in [5, 5.41) is 4.42. The lowest BCUT2D eigenvalue weighted by Crippen LogP contribution is -2.12. The number of hydrogen-bond donors (Lipinski definition) is 1. The first-order valence-electron chi connectivity index (χ1n) is 10.1. The van der Waals surface area contributed by atoms with Gasteiger partial charge in [0.2, 0.25) is 0 Å². The molecule has 0 radical (unpaired) electrons. The van der Waals surface area contributed by atoms with Crippen LogP contribution in [-0.4, -0.2) is 25.9 Å². The zero-order chi connectivity index (χ0) is 25.3. The monoisotopic (exact) mass is 508 g/mol. The van der Waals surface area contributed by atoms with Crippen LogP contribution in [0.3, 0.4) is 0 Å². The number of hydrazone groups is 1. The minimum Gasteiger partial charge on any atom is -0.493 e. The fraction of sp³-hybridized carbons (Fsp3) is 0.167. The fourth-order valence-electron chi connectivity index (χ4n) is 3.66. The molecule has 4 rings (SSSR count). The Kier molecular flexibility index (Phi) is 6.83. The van der Waals surface area contributed by atoms with Gasteiger partial charge in [0.05, 0.1) is 19.9 Å². The van der Waals surface area contributed by atoms with E-state index in [2.05, 4.69) is 10.5 Å². The fourth-order valence-corrected chi connectivity index (χ4v) is 3.79. The van der Waals surface area contributed by atoms with Gasteiger partial charge < -0.3 is 14.2 Å². The van der Waals surface area contributed by atoms with E-state index in [9.17, 15) is 22.4 Å². The molecular weight excluding hydrogens is 492 g/mol. The number of rotatable bonds is 7. The van der Waals surface area contributed by atoms with Crippen LogP contribution in [0.4, 0.5) is 23.2 Å². The van der Waals surface area contributed by atoms with E-state index in [1.807, 2.05) is 0 Å². The number of hydrogen-bond acceptors (Lipinski definition) is 6. The van der Waals surface area contributed by atoms with E-state index in [-0.39, 0.29) is 29.5 Å². The molecule has 1 heterocycles. The van der Waals surface area contributed by atoms with E-state index >= 15 is 0 Å². The zero-order valence-electron chi connectivity index (χ0n) is 18.3. The molecule has 35 heavy (non-hydrogen) atoms. The summed E-state index contributed by atoms with van der Waals surface area (Å²) in [5.41, 5.74) is 2.21. The Hall–Kier alpha value is -3.79. The van der Waals surface area contributed by atoms with Crippen LogP contribution in [0.1, 0.15) is 34.0 Å². The Labute approximate surface area is 202 Å². The number of halogens is 5. The van der Waals surface area contributed by atoms with Crippen LogP contribution >= 0.6 is 11.6 Å². The van der Waals surface area contributed by atoms with Gasteiger partial charge in [-0.1, -0.05) is 29.8 Å². The molecule has 1 aliphatic rings. The Morgan fingerprint density at radius 1 is 1.03 bits per heavy atom. The van der Waals surface area contributed by atoms with Gasteiger partial charge in [0.1, 0.15) is 17.4 Å². The molecule has 0 saturated heterocycles. The molecule has 3 aromatic rings. The van der Waals surface area contributed by atoms with E-state index < -0.39 is 41.0 Å². The van der Waals surface area contributed by atoms with Crippen molar-refractivity contribution < 1.29 is 36.6 Å². The quantitative estimate of drug-likeness (QED) is 0.139. The van der Waals surface area contributed by atoms with Crippen LogP contribution in [0.2, 0.25) is 5.02 Å². The third kappa shape index (κ3) is 4.61. The summed E-state index contributed by atoms with van der Waals surface area (Å²) in [4.78, 5) is 12.6. The summed E-state index contributed by atoms with van der Waals surface area (Å²) in [6, 6.07) is 9.58. The lowest BCUT2D eigenvalue weighted by atomic mass is 9.97. The second kappa shape index (κ2) is 9.83. The van der Waals surface area contributed by atoms with Crippen molar-refractivity contribution in [3.8, 4) is 11.5 Å². The van der Waals surface area contributed by atoms with Gasteiger partial charge in [-0.2, -0.15) is 5.10 Å². The number of esters is 1. The number of carbonyl (C=O) groups excluding carboxylic acids is 1. The third-order valence-electron chi connectivity index (χ3n) is 5.35. The van der Waals surface area contributed by atoms with Crippen molar-refractivity contribution in [2.75, 3.05) is 19.6 Å². The van der Waals surface area contributed by atoms with Crippen LogP contribution in [0, 0.1) is 23.3 Å². The molecule has 182 valence electrons. The second-order valence-electron chi connectivity index (χ2n) is 7.38. The van der Waals surface area contributed by atoms with Gasteiger partial charge in [0.15, 0.2) is 34.8 Å². The first-order valence-corrected chi connectivity index (χ1v) is 10.5. The van der Waals surface area contributed by atoms with E-state index in [0.717, 1.165) is 0 Å². The molecular formula is C24H17ClF4N2O4. The highest BCUT2D eigenvalue weighted by atomic mass is 35.5. The molecule has 0 aromatic heterocycles. The lowest BCUT2D eigenvalue weighted by Gasteiger charge is -2.15. The van der Waals surface area contributed by atoms with Crippen molar-refractivity contribution in [1.82, 2.24) is 0 Å². The number of cyclic esters (lactones) is 1. The standard InChI is InChI=1S/C24H17ClF4N2O4/c1-33-17-8-7-13-18(35-24(32)19(13)23(17)34-2)10-16(11-3-5-12(25)6-4-11)30-31-22-20(28)14(26)9-15(27)21(22)29/h3-9,18,31H,10H2,1-2H3/t18-/m0/s1. The molecule has 0 saturated carbocycles. The zero-order valence-corrected chi connectivity index (χ0v) is 19.1. The molecule has 0 fully saturated rings. The lowest BCUT2D eigenvalue weighted by molar-refractivity contribution is 0.0398. The van der Waals surface area contributed by atoms with Crippen molar-refractivity contribution in [1.29, 1.82) is 0 Å². The topological polar surface area (TPSA) is 69.2 Å². The summed E-state index contributed by atoms with van der Waals surface area (Å²) in [5.74, 6) is -6.59. The molecule has 1 N–H and O–H groups in total. The first-order chi connectivity index (χ1) is 16.7. The smallest absolute Gasteiger partial charge is 0.343 e. The Balaban J connectivity index is 1.74. The number of fused-ring (bicyclic) bond motifs is 1. The summed E-state index contributed by atoms with van der Waals surface area (Å²) in [7, 11) is 2.80. The van der Waals surface area contributed by atoms with Gasteiger partial charge in [0.25, 0.3) is 0 Å². The van der Waals surface area contributed by atoms with Gasteiger partial charge in [-0.15, -0.1) is 0 Å². The van der Waals surface area contributed by atoms with Gasteiger partial charge in [0, 0.05) is 23.1 Å². The molecule has 0 aliphatic carbocycles. The molecule has 0 unspecified atom stereocenters. The van der Waals surface area contributed by atoms with Crippen molar-refractivity contribution in [3.05, 3.63) is 87.4 Å². The Morgan fingerprint density at radius 2 is 1.69 bits per heavy atom. The van der Waals surface area contributed by atoms with Crippen LogP contribution in [-0.2, 0) is 4.74 Å². The summed E-state index contributed by atoms with van der Waals surface area (Å²) in [6.45, 7) is 0. The minimum atomic E-state index is -1.64. The van der Waals surface area contributed by atoms with Crippen LogP contribution in [0.5, 0.6) is 11.5 Å². The summed E-state index contributed by atoms with van der Waals surface area (Å²) >= 11 is 5.95. The number of benzene rings is 3. The summed E-state index contributed by atoms with van der Waals surface area (Å²) < 4.78 is 71.5. The van der Waals surface area contributed by atoms with Crippen molar-refractivity contribution in [2.24, 2.45) is 5.10 Å². The maximum absolute atomic E-state index is 14.1. The first kappa shape index (κ1) is 24.3. The van der Waals surface area contributed by atoms with Gasteiger partial charge in [-0.05, 0) is 23.8 Å². The minimum absolute atomic E-state index is 0.0656. The molecule has 11 heteroatoms. The third-order valence-corrected chi connectivity index (χ3v) is 5.60. The van der Waals surface area contributed by atoms with Crippen molar-refractivity contribution in [2.45, 2.75) is 12.5 Å².